The number of hydrogen-bond acceptors (Lipinski definition) is 3. The van der Waals surface area contributed by atoms with Gasteiger partial charge in [-0.1, -0.05) is 6.92 Å². The fraction of sp³-hybridized carbons (Fsp3) is 0.688. The first-order valence-corrected chi connectivity index (χ1v) is 8.74. The van der Waals surface area contributed by atoms with E-state index in [0.717, 1.165) is 51.7 Å². The van der Waals surface area contributed by atoms with Gasteiger partial charge in [0.05, 0.1) is 6.04 Å². The third-order valence-electron chi connectivity index (χ3n) is 4.72. The molecule has 1 saturated heterocycles. The van der Waals surface area contributed by atoms with Crippen LogP contribution in [0.3, 0.4) is 0 Å². The minimum absolute atomic E-state index is 0.319. The van der Waals surface area contributed by atoms with Crippen molar-refractivity contribution in [3.8, 4) is 0 Å². The maximum absolute atomic E-state index is 12.7. The first kappa shape index (κ1) is 14.1. The van der Waals surface area contributed by atoms with Gasteiger partial charge in [0, 0.05) is 17.8 Å². The van der Waals surface area contributed by atoms with Crippen molar-refractivity contribution in [1.29, 1.82) is 0 Å². The summed E-state index contributed by atoms with van der Waals surface area (Å²) in [6, 6.07) is 2.54. The number of carbonyl (C=O) groups excluding carboxylic acids is 1. The summed E-state index contributed by atoms with van der Waals surface area (Å²) in [4.78, 5) is 16.3. The Bertz CT molecular complexity index is 465. The molecule has 1 unspecified atom stereocenters. The molecule has 0 aliphatic carbocycles. The molecule has 3 heterocycles. The molecule has 3 nitrogen and oxygen atoms in total. The monoisotopic (exact) mass is 292 g/mol. The summed E-state index contributed by atoms with van der Waals surface area (Å²) in [6.45, 7) is 5.26. The SMILES string of the molecule is CCC1c2ccsc2CCN1C(=O)CC1CCNCC1. The van der Waals surface area contributed by atoms with Crippen molar-refractivity contribution in [1.82, 2.24) is 10.2 Å². The van der Waals surface area contributed by atoms with E-state index in [1.807, 2.05) is 11.3 Å². The molecule has 0 bridgehead atoms. The Kier molecular flexibility index (Phi) is 4.41. The van der Waals surface area contributed by atoms with Crippen molar-refractivity contribution in [3.63, 3.8) is 0 Å². The Morgan fingerprint density at radius 3 is 3.00 bits per heavy atom. The lowest BCUT2D eigenvalue weighted by molar-refractivity contribution is -0.135. The Labute approximate surface area is 125 Å². The molecule has 0 aromatic carbocycles. The molecule has 1 fully saturated rings. The van der Waals surface area contributed by atoms with E-state index in [4.69, 9.17) is 0 Å². The quantitative estimate of drug-likeness (QED) is 0.929. The third kappa shape index (κ3) is 2.77. The van der Waals surface area contributed by atoms with Crippen LogP contribution < -0.4 is 5.32 Å². The standard InChI is InChI=1S/C16H24N2OS/c1-2-14-13-6-10-20-15(13)5-9-18(14)16(19)11-12-3-7-17-8-4-12/h6,10,12,14,17H,2-5,7-9,11H2,1H3. The minimum atomic E-state index is 0.319. The molecule has 1 N–H and O–H groups in total. The smallest absolute Gasteiger partial charge is 0.223 e. The Morgan fingerprint density at radius 1 is 1.45 bits per heavy atom. The van der Waals surface area contributed by atoms with E-state index in [-0.39, 0.29) is 0 Å². The molecule has 3 rings (SSSR count). The molecule has 0 spiro atoms. The highest BCUT2D eigenvalue weighted by Gasteiger charge is 2.31. The van der Waals surface area contributed by atoms with E-state index < -0.39 is 0 Å². The van der Waals surface area contributed by atoms with Crippen LogP contribution >= 0.6 is 11.3 Å². The fourth-order valence-corrected chi connectivity index (χ4v) is 4.51. The Balaban J connectivity index is 1.68. The molecular weight excluding hydrogens is 268 g/mol. The number of rotatable bonds is 3. The lowest BCUT2D eigenvalue weighted by Gasteiger charge is -2.36. The molecule has 0 radical (unpaired) electrons. The van der Waals surface area contributed by atoms with Gasteiger partial charge in [0.2, 0.25) is 5.91 Å². The molecule has 1 aromatic heterocycles. The summed E-state index contributed by atoms with van der Waals surface area (Å²) < 4.78 is 0. The van der Waals surface area contributed by atoms with Gasteiger partial charge in [-0.15, -0.1) is 11.3 Å². The summed E-state index contributed by atoms with van der Waals surface area (Å²) in [6.07, 6.45) is 5.13. The lowest BCUT2D eigenvalue weighted by atomic mass is 9.92. The molecule has 4 heteroatoms. The predicted molar refractivity (Wildman–Crippen MR) is 83.0 cm³/mol. The zero-order valence-electron chi connectivity index (χ0n) is 12.2. The lowest BCUT2D eigenvalue weighted by Crippen LogP contribution is -2.41. The van der Waals surface area contributed by atoms with Gasteiger partial charge in [0.15, 0.2) is 0 Å². The first-order valence-electron chi connectivity index (χ1n) is 7.86. The highest BCUT2D eigenvalue weighted by atomic mass is 32.1. The van der Waals surface area contributed by atoms with Gasteiger partial charge in [-0.05, 0) is 61.7 Å². The van der Waals surface area contributed by atoms with Crippen LogP contribution in [0.2, 0.25) is 0 Å². The van der Waals surface area contributed by atoms with Gasteiger partial charge in [-0.3, -0.25) is 4.79 Å². The highest BCUT2D eigenvalue weighted by molar-refractivity contribution is 7.10. The average Bonchev–Trinajstić information content (AvgIpc) is 2.95. The molecule has 2 aliphatic heterocycles. The fourth-order valence-electron chi connectivity index (χ4n) is 3.59. The van der Waals surface area contributed by atoms with E-state index in [9.17, 15) is 4.79 Å². The zero-order valence-corrected chi connectivity index (χ0v) is 13.0. The van der Waals surface area contributed by atoms with Crippen LogP contribution in [0.25, 0.3) is 0 Å². The topological polar surface area (TPSA) is 32.3 Å². The number of nitrogens with zero attached hydrogens (tertiary/aromatic N) is 1. The van der Waals surface area contributed by atoms with Crippen molar-refractivity contribution >= 4 is 17.2 Å². The van der Waals surface area contributed by atoms with E-state index in [1.165, 1.54) is 10.4 Å². The summed E-state index contributed by atoms with van der Waals surface area (Å²) in [5, 5.41) is 5.55. The van der Waals surface area contributed by atoms with Crippen LogP contribution in [0.1, 0.15) is 49.1 Å². The number of piperidine rings is 1. The molecule has 1 atom stereocenters. The van der Waals surface area contributed by atoms with Gasteiger partial charge in [0.25, 0.3) is 0 Å². The third-order valence-corrected chi connectivity index (χ3v) is 5.72. The van der Waals surface area contributed by atoms with Gasteiger partial charge >= 0.3 is 0 Å². The second-order valence-electron chi connectivity index (χ2n) is 5.96. The number of carbonyl (C=O) groups is 1. The molecule has 1 amide bonds. The van der Waals surface area contributed by atoms with Crippen LogP contribution in [-0.4, -0.2) is 30.4 Å². The van der Waals surface area contributed by atoms with E-state index in [2.05, 4.69) is 28.6 Å². The maximum Gasteiger partial charge on any atom is 0.223 e. The number of thiophene rings is 1. The second kappa shape index (κ2) is 6.27. The number of fused-ring (bicyclic) bond motifs is 1. The second-order valence-corrected chi connectivity index (χ2v) is 6.96. The van der Waals surface area contributed by atoms with E-state index >= 15 is 0 Å². The van der Waals surface area contributed by atoms with Crippen molar-refractivity contribution in [3.05, 3.63) is 21.9 Å². The highest BCUT2D eigenvalue weighted by Crippen LogP contribution is 2.36. The van der Waals surface area contributed by atoms with Crippen LogP contribution in [0.15, 0.2) is 11.4 Å². The molecule has 0 saturated carbocycles. The zero-order chi connectivity index (χ0) is 13.9. The summed E-state index contributed by atoms with van der Waals surface area (Å²) in [7, 11) is 0. The number of nitrogens with one attached hydrogen (secondary N) is 1. The largest absolute Gasteiger partial charge is 0.335 e. The summed E-state index contributed by atoms with van der Waals surface area (Å²) in [5.41, 5.74) is 1.41. The molecule has 110 valence electrons. The summed E-state index contributed by atoms with van der Waals surface area (Å²) in [5.74, 6) is 0.964. The van der Waals surface area contributed by atoms with Gasteiger partial charge in [-0.2, -0.15) is 0 Å². The molecule has 1 aromatic rings. The van der Waals surface area contributed by atoms with Crippen molar-refractivity contribution in [2.75, 3.05) is 19.6 Å². The van der Waals surface area contributed by atoms with Crippen LogP contribution in [0.5, 0.6) is 0 Å². The molecular formula is C16H24N2OS. The minimum Gasteiger partial charge on any atom is -0.335 e. The van der Waals surface area contributed by atoms with Crippen molar-refractivity contribution in [2.45, 2.75) is 45.1 Å². The van der Waals surface area contributed by atoms with Crippen LogP contribution in [0.4, 0.5) is 0 Å². The number of amides is 1. The maximum atomic E-state index is 12.7. The molecule has 20 heavy (non-hydrogen) atoms. The van der Waals surface area contributed by atoms with Crippen molar-refractivity contribution in [2.24, 2.45) is 5.92 Å². The van der Waals surface area contributed by atoms with Gasteiger partial charge < -0.3 is 10.2 Å². The normalized spacial score (nSPS) is 23.6. The van der Waals surface area contributed by atoms with Crippen LogP contribution in [0, 0.1) is 5.92 Å². The molecule has 2 aliphatic rings. The average molecular weight is 292 g/mol. The Hall–Kier alpha value is -0.870. The van der Waals surface area contributed by atoms with Gasteiger partial charge in [0.1, 0.15) is 0 Å². The Morgan fingerprint density at radius 2 is 2.25 bits per heavy atom. The van der Waals surface area contributed by atoms with E-state index in [1.54, 1.807) is 0 Å². The van der Waals surface area contributed by atoms with Crippen molar-refractivity contribution < 1.29 is 4.79 Å². The summed E-state index contributed by atoms with van der Waals surface area (Å²) >= 11 is 1.85. The first-order chi connectivity index (χ1) is 9.79. The van der Waals surface area contributed by atoms with E-state index in [0.29, 0.717) is 17.9 Å². The van der Waals surface area contributed by atoms with Gasteiger partial charge in [-0.25, -0.2) is 0 Å². The van der Waals surface area contributed by atoms with Crippen LogP contribution in [-0.2, 0) is 11.2 Å². The predicted octanol–water partition coefficient (Wildman–Crippen LogP) is 2.97. The number of hydrogen-bond donors (Lipinski definition) is 1.